The number of ether oxygens (including phenoxy) is 1. The Balaban J connectivity index is 2.06. The smallest absolute Gasteiger partial charge is 0.251 e. The maximum absolute atomic E-state index is 13.0. The molecule has 0 bridgehead atoms. The molecule has 5 heteroatoms. The van der Waals surface area contributed by atoms with Crippen LogP contribution in [-0.4, -0.2) is 18.0 Å². The van der Waals surface area contributed by atoms with Crippen molar-refractivity contribution in [2.24, 2.45) is 0 Å². The van der Waals surface area contributed by atoms with Crippen molar-refractivity contribution in [2.45, 2.75) is 13.0 Å². The Morgan fingerprint density at radius 1 is 1.30 bits per heavy atom. The van der Waals surface area contributed by atoms with E-state index in [1.54, 1.807) is 7.11 Å². The van der Waals surface area contributed by atoms with Gasteiger partial charge < -0.3 is 10.1 Å². The highest BCUT2D eigenvalue weighted by Crippen LogP contribution is 2.17. The van der Waals surface area contributed by atoms with Gasteiger partial charge in [0, 0.05) is 17.8 Å². The van der Waals surface area contributed by atoms with Gasteiger partial charge in [0.1, 0.15) is 5.75 Å². The summed E-state index contributed by atoms with van der Waals surface area (Å²) in [5.41, 5.74) is 1.19. The molecule has 0 aliphatic carbocycles. The van der Waals surface area contributed by atoms with Crippen molar-refractivity contribution in [1.82, 2.24) is 10.3 Å². The molecule has 0 aliphatic rings. The van der Waals surface area contributed by atoms with Crippen molar-refractivity contribution in [3.05, 3.63) is 59.7 Å². The van der Waals surface area contributed by atoms with Crippen LogP contribution in [-0.2, 0) is 0 Å². The number of nitrogens with one attached hydrogen (secondary N) is 1. The van der Waals surface area contributed by atoms with Crippen molar-refractivity contribution in [2.75, 3.05) is 7.11 Å². The summed E-state index contributed by atoms with van der Waals surface area (Å²) in [5, 5.41) is 2.80. The number of nitrogens with zero attached hydrogens (tertiary/aromatic N) is 1. The van der Waals surface area contributed by atoms with Gasteiger partial charge in [0.05, 0.1) is 13.2 Å². The van der Waals surface area contributed by atoms with E-state index in [0.29, 0.717) is 0 Å². The third-order valence-corrected chi connectivity index (χ3v) is 2.95. The SMILES string of the molecule is COc1ccc(C(C)NC(=O)c2ccnc(F)c2)cc1. The number of benzene rings is 1. The summed E-state index contributed by atoms with van der Waals surface area (Å²) in [6, 6.07) is 9.78. The van der Waals surface area contributed by atoms with Crippen LogP contribution in [0.5, 0.6) is 5.75 Å². The molecule has 0 saturated carbocycles. The number of hydrogen-bond donors (Lipinski definition) is 1. The van der Waals surface area contributed by atoms with Gasteiger partial charge in [-0.15, -0.1) is 0 Å². The molecule has 2 aromatic rings. The van der Waals surface area contributed by atoms with E-state index >= 15 is 0 Å². The van der Waals surface area contributed by atoms with Gasteiger partial charge in [-0.3, -0.25) is 4.79 Å². The first-order valence-electron chi connectivity index (χ1n) is 6.16. The molecular weight excluding hydrogens is 259 g/mol. The molecule has 0 saturated heterocycles. The average Bonchev–Trinajstić information content (AvgIpc) is 2.47. The van der Waals surface area contributed by atoms with Crippen LogP contribution >= 0.6 is 0 Å². The first-order valence-corrected chi connectivity index (χ1v) is 6.16. The van der Waals surface area contributed by atoms with Crippen LogP contribution in [0.3, 0.4) is 0 Å². The van der Waals surface area contributed by atoms with Crippen molar-refractivity contribution in [3.8, 4) is 5.75 Å². The zero-order valence-corrected chi connectivity index (χ0v) is 11.3. The summed E-state index contributed by atoms with van der Waals surface area (Å²) in [4.78, 5) is 15.4. The summed E-state index contributed by atoms with van der Waals surface area (Å²) in [6.07, 6.45) is 1.27. The van der Waals surface area contributed by atoms with Crippen LogP contribution in [0.4, 0.5) is 4.39 Å². The lowest BCUT2D eigenvalue weighted by Crippen LogP contribution is -2.26. The zero-order valence-electron chi connectivity index (χ0n) is 11.3. The largest absolute Gasteiger partial charge is 0.497 e. The predicted octanol–water partition coefficient (Wildman–Crippen LogP) is 2.72. The highest BCUT2D eigenvalue weighted by Gasteiger charge is 2.12. The van der Waals surface area contributed by atoms with Gasteiger partial charge in [-0.2, -0.15) is 4.39 Å². The summed E-state index contributed by atoms with van der Waals surface area (Å²) < 4.78 is 18.0. The number of aromatic nitrogens is 1. The predicted molar refractivity (Wildman–Crippen MR) is 73.1 cm³/mol. The Hall–Kier alpha value is -2.43. The summed E-state index contributed by atoms with van der Waals surface area (Å²) in [7, 11) is 1.60. The van der Waals surface area contributed by atoms with Crippen LogP contribution in [0.1, 0.15) is 28.9 Å². The number of halogens is 1. The zero-order chi connectivity index (χ0) is 14.5. The maximum Gasteiger partial charge on any atom is 0.251 e. The number of carbonyl (C=O) groups is 1. The highest BCUT2D eigenvalue weighted by molar-refractivity contribution is 5.94. The van der Waals surface area contributed by atoms with E-state index in [1.165, 1.54) is 12.3 Å². The van der Waals surface area contributed by atoms with Crippen molar-refractivity contribution >= 4 is 5.91 Å². The molecule has 0 radical (unpaired) electrons. The van der Waals surface area contributed by atoms with Gasteiger partial charge in [0.2, 0.25) is 5.95 Å². The van der Waals surface area contributed by atoms with Crippen molar-refractivity contribution in [3.63, 3.8) is 0 Å². The van der Waals surface area contributed by atoms with E-state index < -0.39 is 5.95 Å². The number of methoxy groups -OCH3 is 1. The minimum absolute atomic E-state index is 0.190. The quantitative estimate of drug-likeness (QED) is 0.872. The second-order valence-electron chi connectivity index (χ2n) is 4.34. The Labute approximate surface area is 116 Å². The van der Waals surface area contributed by atoms with Crippen LogP contribution in [0.25, 0.3) is 0 Å². The van der Waals surface area contributed by atoms with E-state index in [4.69, 9.17) is 4.74 Å². The van der Waals surface area contributed by atoms with Crippen LogP contribution in [0, 0.1) is 5.95 Å². The number of amides is 1. The van der Waals surface area contributed by atoms with Crippen LogP contribution < -0.4 is 10.1 Å². The molecule has 1 atom stereocenters. The molecule has 1 aromatic carbocycles. The molecule has 20 heavy (non-hydrogen) atoms. The summed E-state index contributed by atoms with van der Waals surface area (Å²) in [5.74, 6) is -0.257. The number of rotatable bonds is 4. The number of pyridine rings is 1. The Bertz CT molecular complexity index is 599. The second kappa shape index (κ2) is 6.14. The second-order valence-corrected chi connectivity index (χ2v) is 4.34. The monoisotopic (exact) mass is 274 g/mol. The van der Waals surface area contributed by atoms with E-state index in [-0.39, 0.29) is 17.5 Å². The van der Waals surface area contributed by atoms with Crippen molar-refractivity contribution in [1.29, 1.82) is 0 Å². The molecule has 1 N–H and O–H groups in total. The maximum atomic E-state index is 13.0. The van der Waals surface area contributed by atoms with Gasteiger partial charge in [-0.1, -0.05) is 12.1 Å². The fourth-order valence-electron chi connectivity index (χ4n) is 1.80. The minimum atomic E-state index is -0.672. The Morgan fingerprint density at radius 2 is 2.00 bits per heavy atom. The van der Waals surface area contributed by atoms with E-state index in [0.717, 1.165) is 17.4 Å². The standard InChI is InChI=1S/C15H15FN2O2/c1-10(11-3-5-13(20-2)6-4-11)18-15(19)12-7-8-17-14(16)9-12/h3-10H,1-2H3,(H,18,19). The lowest BCUT2D eigenvalue weighted by Gasteiger charge is -2.14. The molecule has 1 amide bonds. The fourth-order valence-corrected chi connectivity index (χ4v) is 1.80. The fraction of sp³-hybridized carbons (Fsp3) is 0.200. The average molecular weight is 274 g/mol. The number of hydrogen-bond acceptors (Lipinski definition) is 3. The number of carbonyl (C=O) groups excluding carboxylic acids is 1. The lowest BCUT2D eigenvalue weighted by molar-refractivity contribution is 0.0939. The Morgan fingerprint density at radius 3 is 2.60 bits per heavy atom. The molecule has 104 valence electrons. The third-order valence-electron chi connectivity index (χ3n) is 2.95. The van der Waals surface area contributed by atoms with Gasteiger partial charge in [0.15, 0.2) is 0 Å². The molecule has 2 rings (SSSR count). The lowest BCUT2D eigenvalue weighted by atomic mass is 10.1. The topological polar surface area (TPSA) is 51.2 Å². The highest BCUT2D eigenvalue weighted by atomic mass is 19.1. The first-order chi connectivity index (χ1) is 9.60. The van der Waals surface area contributed by atoms with Crippen LogP contribution in [0.2, 0.25) is 0 Å². The van der Waals surface area contributed by atoms with Gasteiger partial charge >= 0.3 is 0 Å². The Kier molecular flexibility index (Phi) is 4.30. The van der Waals surface area contributed by atoms with Gasteiger partial charge in [-0.25, -0.2) is 4.98 Å². The molecule has 0 fully saturated rings. The van der Waals surface area contributed by atoms with E-state index in [2.05, 4.69) is 10.3 Å². The third kappa shape index (κ3) is 3.32. The molecule has 1 heterocycles. The molecule has 1 unspecified atom stereocenters. The molecule has 1 aromatic heterocycles. The normalized spacial score (nSPS) is 11.8. The molecule has 0 aliphatic heterocycles. The summed E-state index contributed by atoms with van der Waals surface area (Å²) in [6.45, 7) is 1.86. The van der Waals surface area contributed by atoms with E-state index in [9.17, 15) is 9.18 Å². The van der Waals surface area contributed by atoms with Crippen molar-refractivity contribution < 1.29 is 13.9 Å². The minimum Gasteiger partial charge on any atom is -0.497 e. The van der Waals surface area contributed by atoms with E-state index in [1.807, 2.05) is 31.2 Å². The van der Waals surface area contributed by atoms with Gasteiger partial charge in [0.25, 0.3) is 5.91 Å². The first kappa shape index (κ1) is 14.0. The molecule has 4 nitrogen and oxygen atoms in total. The molecule has 0 spiro atoms. The summed E-state index contributed by atoms with van der Waals surface area (Å²) >= 11 is 0. The van der Waals surface area contributed by atoms with Crippen LogP contribution in [0.15, 0.2) is 42.6 Å². The van der Waals surface area contributed by atoms with Gasteiger partial charge in [-0.05, 0) is 30.7 Å². The molecular formula is C15H15FN2O2.